The van der Waals surface area contributed by atoms with Gasteiger partial charge < -0.3 is 20.2 Å². The maximum Gasteiger partial charge on any atom is 0.317 e. The molecule has 160 valence electrons. The molecule has 2 saturated heterocycles. The Bertz CT molecular complexity index is 874. The normalized spacial score (nSPS) is 20.2. The number of piperidine rings is 1. The number of benzene rings is 1. The summed E-state index contributed by atoms with van der Waals surface area (Å²) in [6.45, 7) is 4.65. The minimum Gasteiger partial charge on any atom is -0.480 e. The number of rotatable bonds is 6. The standard InChI is InChI=1S/C21H27FN6O2/c22-16-3-1-5-18(11-16)28-6-2-4-17(13-28)25-19-12-20(24-15-23-19)27-9-7-26(8-10-27)14-21(29)30/h1,3,5,11-12,15,17H,2,4,6-10,13-14H2,(H,29,30)(H,23,24,25)/t17-/m1/s1. The smallest absolute Gasteiger partial charge is 0.317 e. The molecule has 2 fully saturated rings. The van der Waals surface area contributed by atoms with Gasteiger partial charge in [-0.05, 0) is 31.0 Å². The van der Waals surface area contributed by atoms with E-state index >= 15 is 0 Å². The molecule has 9 heteroatoms. The number of hydrogen-bond donors (Lipinski definition) is 2. The van der Waals surface area contributed by atoms with Gasteiger partial charge in [-0.3, -0.25) is 9.69 Å². The minimum atomic E-state index is -0.795. The Morgan fingerprint density at radius 2 is 1.97 bits per heavy atom. The van der Waals surface area contributed by atoms with E-state index in [2.05, 4.69) is 25.1 Å². The first-order valence-electron chi connectivity index (χ1n) is 10.3. The lowest BCUT2D eigenvalue weighted by Gasteiger charge is -2.36. The zero-order valence-corrected chi connectivity index (χ0v) is 16.9. The van der Waals surface area contributed by atoms with Gasteiger partial charge >= 0.3 is 5.97 Å². The fraction of sp³-hybridized carbons (Fsp3) is 0.476. The van der Waals surface area contributed by atoms with Crippen molar-refractivity contribution in [3.63, 3.8) is 0 Å². The summed E-state index contributed by atoms with van der Waals surface area (Å²) in [5, 5.41) is 12.4. The Balaban J connectivity index is 1.36. The summed E-state index contributed by atoms with van der Waals surface area (Å²) >= 11 is 0. The molecule has 2 aliphatic heterocycles. The van der Waals surface area contributed by atoms with E-state index < -0.39 is 5.97 Å². The fourth-order valence-electron chi connectivity index (χ4n) is 4.14. The van der Waals surface area contributed by atoms with E-state index in [1.54, 1.807) is 18.5 Å². The number of piperazine rings is 1. The molecule has 8 nitrogen and oxygen atoms in total. The van der Waals surface area contributed by atoms with Crippen LogP contribution in [-0.2, 0) is 4.79 Å². The Hall–Kier alpha value is -2.94. The van der Waals surface area contributed by atoms with E-state index in [1.807, 2.05) is 17.0 Å². The molecule has 2 N–H and O–H groups in total. The number of carboxylic acid groups (broad SMARTS) is 1. The van der Waals surface area contributed by atoms with E-state index in [-0.39, 0.29) is 18.4 Å². The van der Waals surface area contributed by atoms with Gasteiger partial charge in [-0.25, -0.2) is 14.4 Å². The van der Waals surface area contributed by atoms with Crippen molar-refractivity contribution in [3.05, 3.63) is 42.5 Å². The zero-order chi connectivity index (χ0) is 20.9. The summed E-state index contributed by atoms with van der Waals surface area (Å²) in [4.78, 5) is 26.0. The van der Waals surface area contributed by atoms with Crippen LogP contribution in [0.25, 0.3) is 0 Å². The summed E-state index contributed by atoms with van der Waals surface area (Å²) in [7, 11) is 0. The molecule has 0 bridgehead atoms. The number of anilines is 3. The quantitative estimate of drug-likeness (QED) is 0.742. The SMILES string of the molecule is O=C(O)CN1CCN(c2cc(N[C@@H]3CCCN(c4cccc(F)c4)C3)ncn2)CC1. The van der Waals surface area contributed by atoms with E-state index in [9.17, 15) is 9.18 Å². The van der Waals surface area contributed by atoms with Crippen molar-refractivity contribution >= 4 is 23.3 Å². The highest BCUT2D eigenvalue weighted by atomic mass is 19.1. The van der Waals surface area contributed by atoms with Crippen LogP contribution in [0.4, 0.5) is 21.7 Å². The van der Waals surface area contributed by atoms with Crippen LogP contribution in [0, 0.1) is 5.82 Å². The van der Waals surface area contributed by atoms with Crippen molar-refractivity contribution in [2.24, 2.45) is 0 Å². The number of nitrogens with one attached hydrogen (secondary N) is 1. The van der Waals surface area contributed by atoms with E-state index in [1.165, 1.54) is 6.07 Å². The maximum absolute atomic E-state index is 13.6. The van der Waals surface area contributed by atoms with Crippen LogP contribution in [0.3, 0.4) is 0 Å². The zero-order valence-electron chi connectivity index (χ0n) is 16.9. The summed E-state index contributed by atoms with van der Waals surface area (Å²) in [5.74, 6) is 0.613. The van der Waals surface area contributed by atoms with E-state index in [0.29, 0.717) is 13.1 Å². The van der Waals surface area contributed by atoms with Gasteiger partial charge in [0.2, 0.25) is 0 Å². The molecule has 2 aliphatic rings. The summed E-state index contributed by atoms with van der Waals surface area (Å²) in [5.41, 5.74) is 0.907. The highest BCUT2D eigenvalue weighted by molar-refractivity contribution is 5.69. The molecule has 0 amide bonds. The van der Waals surface area contributed by atoms with Gasteiger partial charge in [-0.1, -0.05) is 6.07 Å². The average molecular weight is 414 g/mol. The molecule has 3 heterocycles. The number of aromatic nitrogens is 2. The minimum absolute atomic E-state index is 0.0773. The van der Waals surface area contributed by atoms with Crippen molar-refractivity contribution in [2.75, 3.05) is 60.9 Å². The highest BCUT2D eigenvalue weighted by Crippen LogP contribution is 2.23. The van der Waals surface area contributed by atoms with E-state index in [0.717, 1.165) is 56.3 Å². The van der Waals surface area contributed by atoms with Crippen LogP contribution in [0.1, 0.15) is 12.8 Å². The van der Waals surface area contributed by atoms with Gasteiger partial charge in [0.1, 0.15) is 23.8 Å². The first-order valence-corrected chi connectivity index (χ1v) is 10.3. The number of halogens is 1. The van der Waals surface area contributed by atoms with Crippen molar-refractivity contribution in [1.29, 1.82) is 0 Å². The second-order valence-electron chi connectivity index (χ2n) is 7.83. The van der Waals surface area contributed by atoms with Gasteiger partial charge in [-0.2, -0.15) is 0 Å². The van der Waals surface area contributed by atoms with Crippen molar-refractivity contribution in [3.8, 4) is 0 Å². The Morgan fingerprint density at radius 1 is 1.13 bits per heavy atom. The second kappa shape index (κ2) is 9.25. The third kappa shape index (κ3) is 5.15. The molecular formula is C21H27FN6O2. The van der Waals surface area contributed by atoms with Gasteiger partial charge in [0, 0.05) is 57.1 Å². The lowest BCUT2D eigenvalue weighted by Crippen LogP contribution is -2.48. The lowest BCUT2D eigenvalue weighted by molar-refractivity contribution is -0.138. The van der Waals surface area contributed by atoms with Crippen LogP contribution in [0.2, 0.25) is 0 Å². The lowest BCUT2D eigenvalue weighted by atomic mass is 10.0. The average Bonchev–Trinajstić information content (AvgIpc) is 2.74. The number of nitrogens with zero attached hydrogens (tertiary/aromatic N) is 5. The van der Waals surface area contributed by atoms with Gasteiger partial charge in [-0.15, -0.1) is 0 Å². The number of carboxylic acids is 1. The van der Waals surface area contributed by atoms with Crippen LogP contribution in [0.5, 0.6) is 0 Å². The maximum atomic E-state index is 13.6. The van der Waals surface area contributed by atoms with Gasteiger partial charge in [0.05, 0.1) is 6.54 Å². The highest BCUT2D eigenvalue weighted by Gasteiger charge is 2.22. The number of aliphatic carboxylic acids is 1. The first kappa shape index (κ1) is 20.3. The molecule has 2 aromatic rings. The topological polar surface area (TPSA) is 84.8 Å². The van der Waals surface area contributed by atoms with Crippen LogP contribution < -0.4 is 15.1 Å². The molecular weight excluding hydrogens is 387 g/mol. The fourth-order valence-corrected chi connectivity index (χ4v) is 4.14. The third-order valence-corrected chi connectivity index (χ3v) is 5.65. The summed E-state index contributed by atoms with van der Waals surface area (Å²) in [6, 6.07) is 8.90. The van der Waals surface area contributed by atoms with Gasteiger partial charge in [0.15, 0.2) is 0 Å². The third-order valence-electron chi connectivity index (χ3n) is 5.65. The molecule has 0 spiro atoms. The Morgan fingerprint density at radius 3 is 2.73 bits per heavy atom. The van der Waals surface area contributed by atoms with Crippen LogP contribution in [-0.4, -0.2) is 77.8 Å². The molecule has 1 atom stereocenters. The number of hydrogen-bond acceptors (Lipinski definition) is 7. The first-order chi connectivity index (χ1) is 14.6. The van der Waals surface area contributed by atoms with Gasteiger partial charge in [0.25, 0.3) is 0 Å². The molecule has 0 unspecified atom stereocenters. The molecule has 0 aliphatic carbocycles. The second-order valence-corrected chi connectivity index (χ2v) is 7.83. The summed E-state index contributed by atoms with van der Waals surface area (Å²) < 4.78 is 13.6. The largest absolute Gasteiger partial charge is 0.480 e. The predicted octanol–water partition coefficient (Wildman–Crippen LogP) is 1.90. The summed E-state index contributed by atoms with van der Waals surface area (Å²) in [6.07, 6.45) is 3.62. The monoisotopic (exact) mass is 414 g/mol. The molecule has 1 aromatic carbocycles. The van der Waals surface area contributed by atoms with Crippen molar-refractivity contribution < 1.29 is 14.3 Å². The molecule has 0 saturated carbocycles. The Kier molecular flexibility index (Phi) is 6.27. The predicted molar refractivity (Wildman–Crippen MR) is 114 cm³/mol. The van der Waals surface area contributed by atoms with E-state index in [4.69, 9.17) is 5.11 Å². The molecule has 30 heavy (non-hydrogen) atoms. The van der Waals surface area contributed by atoms with Crippen LogP contribution >= 0.6 is 0 Å². The van der Waals surface area contributed by atoms with Crippen molar-refractivity contribution in [1.82, 2.24) is 14.9 Å². The molecule has 0 radical (unpaired) electrons. The number of carbonyl (C=O) groups is 1. The van der Waals surface area contributed by atoms with Crippen LogP contribution in [0.15, 0.2) is 36.7 Å². The van der Waals surface area contributed by atoms with Crippen molar-refractivity contribution in [2.45, 2.75) is 18.9 Å². The Labute approximate surface area is 175 Å². The molecule has 4 rings (SSSR count). The molecule has 1 aromatic heterocycles.